The van der Waals surface area contributed by atoms with Gasteiger partial charge in [-0.1, -0.05) is 224 Å². The predicted octanol–water partition coefficient (Wildman–Crippen LogP) is 25.0. The van der Waals surface area contributed by atoms with Gasteiger partial charge >= 0.3 is 0 Å². The third-order valence-electron chi connectivity index (χ3n) is 25.7. The number of fused-ring (bicyclic) bond motifs is 30. The largest absolute Gasteiger partial charge is 0.344 e. The molecule has 500 valence electrons. The number of rotatable bonds is 0. The summed E-state index contributed by atoms with van der Waals surface area (Å²) >= 11 is 0. The summed E-state index contributed by atoms with van der Waals surface area (Å²) < 4.78 is 9.43. The van der Waals surface area contributed by atoms with Crippen LogP contribution >= 0.6 is 0 Å². The van der Waals surface area contributed by atoms with E-state index in [1.807, 2.05) is 0 Å². The van der Waals surface area contributed by atoms with E-state index in [0.29, 0.717) is 0 Å². The highest BCUT2D eigenvalue weighted by atomic mass is 15.0. The van der Waals surface area contributed by atoms with Crippen LogP contribution in [-0.4, -0.2) is 18.3 Å². The van der Waals surface area contributed by atoms with Crippen molar-refractivity contribution in [2.75, 3.05) is 0 Å². The molecule has 6 aliphatic carbocycles. The number of benzene rings is 14. The maximum Gasteiger partial charge on any atom is 0.0492 e. The fourth-order valence-electron chi connectivity index (χ4n) is 20.2. The average Bonchev–Trinajstić information content (AvgIpc) is 1.56. The van der Waals surface area contributed by atoms with Crippen LogP contribution in [-0.2, 0) is 63.7 Å². The molecule has 0 fully saturated rings. The molecule has 6 aliphatic rings. The highest BCUT2D eigenvalue weighted by Gasteiger charge is 2.40. The summed E-state index contributed by atoms with van der Waals surface area (Å²) in [5.41, 5.74) is 44.9. The Balaban J connectivity index is 0.0000000907. The van der Waals surface area contributed by atoms with Crippen LogP contribution in [0.4, 0.5) is 0 Å². The smallest absolute Gasteiger partial charge is 0.0492 e. The fraction of sp³-hybridized carbons (Fsp3) is 0.160. The van der Waals surface area contributed by atoms with Crippen LogP contribution in [0.25, 0.3) is 154 Å². The fourth-order valence-corrected chi connectivity index (χ4v) is 20.2. The first-order chi connectivity index (χ1) is 50.5. The molecule has 0 aliphatic heterocycles. The highest BCUT2D eigenvalue weighted by molar-refractivity contribution is 6.15. The Hall–Kier alpha value is -11.7. The van der Waals surface area contributed by atoms with Gasteiger partial charge in [0.15, 0.2) is 0 Å². The van der Waals surface area contributed by atoms with Gasteiger partial charge in [-0.15, -0.1) is 0 Å². The molecule has 0 bridgehead atoms. The van der Waals surface area contributed by atoms with Gasteiger partial charge in [-0.25, -0.2) is 0 Å². The summed E-state index contributed by atoms with van der Waals surface area (Å²) in [6.07, 6.45) is 3.16. The molecule has 0 radical (unpaired) electrons. The Morgan fingerprint density at radius 2 is 0.413 bits per heavy atom. The van der Waals surface area contributed by atoms with Crippen LogP contribution in [0.15, 0.2) is 267 Å². The zero-order valence-electron chi connectivity index (χ0n) is 60.8. The highest BCUT2D eigenvalue weighted by Crippen LogP contribution is 2.55. The summed E-state index contributed by atoms with van der Waals surface area (Å²) in [6, 6.07) is 99.6. The Morgan fingerprint density at radius 1 is 0.183 bits per heavy atom. The predicted molar refractivity (Wildman–Crippen MR) is 439 cm³/mol. The normalized spacial score (nSPS) is 14.8. The lowest BCUT2D eigenvalue weighted by atomic mass is 9.82. The molecule has 104 heavy (non-hydrogen) atoms. The molecule has 0 saturated carbocycles. The van der Waals surface area contributed by atoms with Crippen molar-refractivity contribution >= 4 is 87.2 Å². The molecule has 0 spiro atoms. The minimum atomic E-state index is 0.0270. The number of nitrogens with zero attached hydrogens (tertiary/aromatic N) is 4. The van der Waals surface area contributed by atoms with Crippen LogP contribution in [0.2, 0.25) is 0 Å². The number of hydrogen-bond acceptors (Lipinski definition) is 0. The number of para-hydroxylation sites is 2. The molecular weight excluding hydrogens is 1260 g/mol. The lowest BCUT2D eigenvalue weighted by Crippen LogP contribution is -2.15. The van der Waals surface area contributed by atoms with E-state index in [1.165, 1.54) is 221 Å². The van der Waals surface area contributed by atoms with Gasteiger partial charge in [-0.05, 0) is 238 Å². The van der Waals surface area contributed by atoms with Crippen LogP contribution in [0.3, 0.4) is 0 Å². The van der Waals surface area contributed by atoms with E-state index < -0.39 is 0 Å². The van der Waals surface area contributed by atoms with E-state index in [9.17, 15) is 0 Å². The molecule has 4 heterocycles. The van der Waals surface area contributed by atoms with Gasteiger partial charge in [0.1, 0.15) is 0 Å². The zero-order valence-corrected chi connectivity index (χ0v) is 60.8. The first kappa shape index (κ1) is 61.0. The summed E-state index contributed by atoms with van der Waals surface area (Å²) in [6.45, 7) is 14.1. The number of aryl methyl sites for hydroxylation is 4. The Bertz CT molecular complexity index is 6600. The van der Waals surface area contributed by atoms with Crippen molar-refractivity contribution in [1.82, 2.24) is 18.3 Å². The van der Waals surface area contributed by atoms with Crippen LogP contribution < -0.4 is 0 Å². The molecule has 4 aromatic heterocycles. The van der Waals surface area contributed by atoms with E-state index in [2.05, 4.69) is 355 Å². The molecule has 0 saturated heterocycles. The van der Waals surface area contributed by atoms with Gasteiger partial charge in [0.25, 0.3) is 0 Å². The van der Waals surface area contributed by atoms with Crippen molar-refractivity contribution in [2.45, 2.75) is 77.0 Å². The molecule has 0 unspecified atom stereocenters. The second-order valence-corrected chi connectivity index (χ2v) is 32.1. The van der Waals surface area contributed by atoms with Crippen molar-refractivity contribution in [1.29, 1.82) is 0 Å². The Morgan fingerprint density at radius 3 is 0.731 bits per heavy atom. The molecular formula is C100H80N4. The minimum Gasteiger partial charge on any atom is -0.344 e. The second-order valence-electron chi connectivity index (χ2n) is 32.1. The lowest BCUT2D eigenvalue weighted by molar-refractivity contribution is 0.660. The Kier molecular flexibility index (Phi) is 12.7. The van der Waals surface area contributed by atoms with E-state index >= 15 is 0 Å². The quantitative estimate of drug-likeness (QED) is 0.144. The zero-order chi connectivity index (χ0) is 70.1. The second kappa shape index (κ2) is 21.7. The average molecular weight is 1340 g/mol. The van der Waals surface area contributed by atoms with E-state index in [0.717, 1.165) is 19.3 Å². The SMILES string of the molecule is Cn1c2cc3c(cc2c2cc4c(cc21)C(C)(C)c1ccccc1-4)-c1ccccc1C3(C)C.Cn1c2cc3c(cc2c2cc4c(cc21)Cc1ccccc1-4)-c1ccccc1C3.Cn1c2ccccc2c2cc3c(cc21)C(C)(C)c1ccccc1-3.Cn1c2ccccc2c2cc3c(cc21)Cc1ccccc1-3. The molecule has 24 rings (SSSR count). The third kappa shape index (κ3) is 8.42. The molecule has 0 amide bonds. The van der Waals surface area contributed by atoms with E-state index in [4.69, 9.17) is 0 Å². The molecule has 14 aromatic carbocycles. The van der Waals surface area contributed by atoms with Crippen molar-refractivity contribution in [3.8, 4) is 66.8 Å². The van der Waals surface area contributed by atoms with Crippen LogP contribution in [0.5, 0.6) is 0 Å². The topological polar surface area (TPSA) is 19.7 Å². The molecule has 4 nitrogen and oxygen atoms in total. The van der Waals surface area contributed by atoms with Gasteiger partial charge in [0.2, 0.25) is 0 Å². The van der Waals surface area contributed by atoms with E-state index in [-0.39, 0.29) is 16.2 Å². The van der Waals surface area contributed by atoms with Gasteiger partial charge in [-0.3, -0.25) is 0 Å². The first-order valence-corrected chi connectivity index (χ1v) is 37.2. The summed E-state index contributed by atoms with van der Waals surface area (Å²) in [7, 11) is 8.78. The van der Waals surface area contributed by atoms with Gasteiger partial charge in [-0.2, -0.15) is 0 Å². The van der Waals surface area contributed by atoms with Crippen LogP contribution in [0.1, 0.15) is 108 Å². The molecule has 0 atom stereocenters. The monoisotopic (exact) mass is 1340 g/mol. The standard InChI is InChI=1S/C31H27N.C27H19N.C22H19N.C20H15N/c1-30(2)24-12-8-6-10-18(24)20-14-22-23-15-21-19-11-7-9-13-25(19)31(3,4)27(21)17-29(23)32(5)28(22)16-26(20)30;1-28-26-12-18-10-16-6-2-4-8-20(16)22(18)14-24(26)25-15-23-19(13-27(25)28)11-17-7-3-5-9-21(17)23;1-22(2)18-10-6-4-8-14(18)16-12-17-15-9-5-7-11-20(15)23(3)21(17)13-19(16)22;1-21-19-9-5-4-8-16(19)18-12-17-14(11-20(18)21)10-13-6-2-3-7-15(13)17/h6-17H,1-5H3;2-9,12-15H,10-11H2,1H3;4-13H,1-3H3;2-9,11-12H,10H2,1H3. The molecule has 18 aromatic rings. The third-order valence-corrected chi connectivity index (χ3v) is 25.7. The van der Waals surface area contributed by atoms with Crippen molar-refractivity contribution in [3.05, 3.63) is 334 Å². The van der Waals surface area contributed by atoms with Gasteiger partial charge in [0, 0.05) is 132 Å². The van der Waals surface area contributed by atoms with Crippen molar-refractivity contribution in [2.24, 2.45) is 28.2 Å². The van der Waals surface area contributed by atoms with E-state index in [1.54, 1.807) is 0 Å². The summed E-state index contributed by atoms with van der Waals surface area (Å²) in [4.78, 5) is 0. The molecule has 0 N–H and O–H groups in total. The minimum absolute atomic E-state index is 0.0270. The molecule has 4 heteroatoms. The summed E-state index contributed by atoms with van der Waals surface area (Å²) in [5, 5.41) is 10.9. The van der Waals surface area contributed by atoms with Gasteiger partial charge in [0.05, 0.1) is 0 Å². The number of aromatic nitrogens is 4. The van der Waals surface area contributed by atoms with Crippen molar-refractivity contribution in [3.63, 3.8) is 0 Å². The lowest BCUT2D eigenvalue weighted by Gasteiger charge is -2.21. The maximum atomic E-state index is 2.46. The van der Waals surface area contributed by atoms with Crippen LogP contribution in [0, 0.1) is 0 Å². The number of hydrogen-bond donors (Lipinski definition) is 0. The first-order valence-electron chi connectivity index (χ1n) is 37.2. The van der Waals surface area contributed by atoms with Gasteiger partial charge < -0.3 is 18.3 Å². The summed E-state index contributed by atoms with van der Waals surface area (Å²) in [5.74, 6) is 0. The Labute approximate surface area is 607 Å². The maximum absolute atomic E-state index is 2.46. The van der Waals surface area contributed by atoms with Crippen molar-refractivity contribution < 1.29 is 0 Å².